The van der Waals surface area contributed by atoms with Crippen molar-refractivity contribution >= 4 is 50.2 Å². The lowest BCUT2D eigenvalue weighted by atomic mass is 10.1. The minimum atomic E-state index is -3.70. The largest absolute Gasteiger partial charge is 0.289 e. The van der Waals surface area contributed by atoms with Gasteiger partial charge in [-0.15, -0.1) is 11.6 Å². The number of benzene rings is 2. The zero-order valence-corrected chi connectivity index (χ0v) is 17.3. The van der Waals surface area contributed by atoms with Gasteiger partial charge in [-0.05, 0) is 48.2 Å². The molecule has 28 heavy (non-hydrogen) atoms. The molecular weight excluding hydrogens is 420 g/mol. The van der Waals surface area contributed by atoms with Gasteiger partial charge in [-0.2, -0.15) is 0 Å². The Kier molecular flexibility index (Phi) is 6.64. The molecule has 3 rings (SSSR count). The number of imide groups is 1. The van der Waals surface area contributed by atoms with Crippen LogP contribution in [0.2, 0.25) is 0 Å². The normalized spacial score (nSPS) is 14.5. The zero-order valence-electron chi connectivity index (χ0n) is 14.9. The van der Waals surface area contributed by atoms with Crippen LogP contribution in [0.4, 0.5) is 10.5 Å². The standard InChI is InChI=1S/C19H19ClN2O4S2/c20-11-1-2-14-5-9-17(10-6-14)28(25,26)21-16-7-3-15(4-8-16)12-22-18(23)13-27-19(22)24/h3-10,21H,1-2,11-13H2. The molecule has 148 valence electrons. The monoisotopic (exact) mass is 438 g/mol. The fourth-order valence-electron chi connectivity index (χ4n) is 2.71. The van der Waals surface area contributed by atoms with Gasteiger partial charge in [0.15, 0.2) is 0 Å². The van der Waals surface area contributed by atoms with Gasteiger partial charge in [0.25, 0.3) is 15.3 Å². The first-order valence-corrected chi connectivity index (χ1v) is 11.6. The van der Waals surface area contributed by atoms with Crippen LogP contribution < -0.4 is 4.72 Å². The van der Waals surface area contributed by atoms with Crippen LogP contribution in [-0.4, -0.2) is 36.1 Å². The molecule has 0 saturated carbocycles. The maximum atomic E-state index is 12.5. The Labute approximate surface area is 173 Å². The second-order valence-corrected chi connectivity index (χ2v) is 9.26. The molecule has 0 bridgehead atoms. The van der Waals surface area contributed by atoms with Crippen molar-refractivity contribution in [2.24, 2.45) is 0 Å². The number of anilines is 1. The van der Waals surface area contributed by atoms with Crippen LogP contribution >= 0.6 is 23.4 Å². The fraction of sp³-hybridized carbons (Fsp3) is 0.263. The number of alkyl halides is 1. The number of amides is 2. The van der Waals surface area contributed by atoms with Crippen LogP contribution in [-0.2, 0) is 27.8 Å². The second-order valence-electron chi connectivity index (χ2n) is 6.27. The van der Waals surface area contributed by atoms with E-state index in [-0.39, 0.29) is 28.3 Å². The Bertz CT molecular complexity index is 944. The number of carbonyl (C=O) groups excluding carboxylic acids is 2. The van der Waals surface area contributed by atoms with Gasteiger partial charge >= 0.3 is 0 Å². The number of rotatable bonds is 8. The molecule has 2 aromatic rings. The molecule has 1 heterocycles. The predicted molar refractivity (Wildman–Crippen MR) is 111 cm³/mol. The van der Waals surface area contributed by atoms with Gasteiger partial charge in [0.05, 0.1) is 17.2 Å². The zero-order chi connectivity index (χ0) is 20.1. The number of aryl methyl sites for hydroxylation is 1. The van der Waals surface area contributed by atoms with Crippen molar-refractivity contribution in [3.8, 4) is 0 Å². The molecule has 9 heteroatoms. The Hall–Kier alpha value is -2.03. The summed E-state index contributed by atoms with van der Waals surface area (Å²) < 4.78 is 27.6. The second kappa shape index (κ2) is 8.98. The van der Waals surface area contributed by atoms with Gasteiger partial charge in [-0.3, -0.25) is 19.2 Å². The lowest BCUT2D eigenvalue weighted by Crippen LogP contribution is -2.27. The topological polar surface area (TPSA) is 83.6 Å². The van der Waals surface area contributed by atoms with Crippen molar-refractivity contribution in [2.45, 2.75) is 24.3 Å². The molecule has 1 saturated heterocycles. The number of carbonyl (C=O) groups is 2. The Balaban J connectivity index is 1.65. The maximum Gasteiger partial charge on any atom is 0.289 e. The summed E-state index contributed by atoms with van der Waals surface area (Å²) in [6.07, 6.45) is 1.64. The predicted octanol–water partition coefficient (Wildman–Crippen LogP) is 3.85. The Morgan fingerprint density at radius 2 is 1.64 bits per heavy atom. The summed E-state index contributed by atoms with van der Waals surface area (Å²) in [5.41, 5.74) is 2.19. The molecule has 0 spiro atoms. The highest BCUT2D eigenvalue weighted by Crippen LogP contribution is 2.23. The van der Waals surface area contributed by atoms with Gasteiger partial charge in [-0.25, -0.2) is 8.42 Å². The van der Waals surface area contributed by atoms with Gasteiger partial charge < -0.3 is 0 Å². The number of sulfonamides is 1. The van der Waals surface area contributed by atoms with Gasteiger partial charge in [0.2, 0.25) is 5.91 Å². The van der Waals surface area contributed by atoms with Gasteiger partial charge in [0.1, 0.15) is 0 Å². The van der Waals surface area contributed by atoms with E-state index in [1.807, 2.05) is 0 Å². The van der Waals surface area contributed by atoms with Crippen LogP contribution in [0.3, 0.4) is 0 Å². The third-order valence-electron chi connectivity index (χ3n) is 4.22. The minimum Gasteiger partial charge on any atom is -0.280 e. The number of nitrogens with one attached hydrogen (secondary N) is 1. The summed E-state index contributed by atoms with van der Waals surface area (Å²) in [6.45, 7) is 0.182. The number of hydrogen-bond acceptors (Lipinski definition) is 5. The lowest BCUT2D eigenvalue weighted by Gasteiger charge is -2.13. The maximum absolute atomic E-state index is 12.5. The van der Waals surface area contributed by atoms with Crippen molar-refractivity contribution < 1.29 is 18.0 Å². The third kappa shape index (κ3) is 5.06. The fourth-order valence-corrected chi connectivity index (χ4v) is 4.63. The lowest BCUT2D eigenvalue weighted by molar-refractivity contribution is -0.125. The van der Waals surface area contributed by atoms with E-state index in [1.165, 1.54) is 4.90 Å². The molecule has 2 amide bonds. The van der Waals surface area contributed by atoms with Crippen LogP contribution in [0, 0.1) is 0 Å². The molecule has 1 N–H and O–H groups in total. The van der Waals surface area contributed by atoms with E-state index >= 15 is 0 Å². The van der Waals surface area contributed by atoms with Crippen LogP contribution in [0.25, 0.3) is 0 Å². The molecule has 0 aromatic heterocycles. The van der Waals surface area contributed by atoms with E-state index in [1.54, 1.807) is 48.5 Å². The van der Waals surface area contributed by atoms with Gasteiger partial charge in [0, 0.05) is 11.6 Å². The summed E-state index contributed by atoms with van der Waals surface area (Å²) in [4.78, 5) is 24.7. The molecule has 6 nitrogen and oxygen atoms in total. The van der Waals surface area contributed by atoms with Crippen LogP contribution in [0.1, 0.15) is 17.5 Å². The highest BCUT2D eigenvalue weighted by Gasteiger charge is 2.29. The first-order chi connectivity index (χ1) is 13.4. The summed E-state index contributed by atoms with van der Waals surface area (Å²) in [6, 6.07) is 13.3. The van der Waals surface area contributed by atoms with E-state index in [2.05, 4.69) is 4.72 Å². The number of hydrogen-bond donors (Lipinski definition) is 1. The van der Waals surface area contributed by atoms with Gasteiger partial charge in [-0.1, -0.05) is 36.0 Å². The molecule has 0 radical (unpaired) electrons. The van der Waals surface area contributed by atoms with Crippen molar-refractivity contribution in [1.82, 2.24) is 4.90 Å². The number of nitrogens with zero attached hydrogens (tertiary/aromatic N) is 1. The van der Waals surface area contributed by atoms with E-state index in [4.69, 9.17) is 11.6 Å². The van der Waals surface area contributed by atoms with Crippen molar-refractivity contribution in [3.63, 3.8) is 0 Å². The van der Waals surface area contributed by atoms with E-state index < -0.39 is 10.0 Å². The molecule has 0 aliphatic carbocycles. The Morgan fingerprint density at radius 3 is 2.21 bits per heavy atom. The number of halogens is 1. The minimum absolute atomic E-state index is 0.168. The molecule has 0 unspecified atom stereocenters. The van der Waals surface area contributed by atoms with Crippen molar-refractivity contribution in [1.29, 1.82) is 0 Å². The van der Waals surface area contributed by atoms with Crippen LogP contribution in [0.15, 0.2) is 53.4 Å². The summed E-state index contributed by atoms with van der Waals surface area (Å²) >= 11 is 6.66. The van der Waals surface area contributed by atoms with Crippen LogP contribution in [0.5, 0.6) is 0 Å². The molecule has 1 aliphatic heterocycles. The van der Waals surface area contributed by atoms with Crippen molar-refractivity contribution in [2.75, 3.05) is 16.4 Å². The highest BCUT2D eigenvalue weighted by atomic mass is 35.5. The molecule has 0 atom stereocenters. The third-order valence-corrected chi connectivity index (χ3v) is 6.74. The summed E-state index contributed by atoms with van der Waals surface area (Å²) in [5, 5.41) is -0.260. The van der Waals surface area contributed by atoms with E-state index in [0.29, 0.717) is 11.6 Å². The smallest absolute Gasteiger partial charge is 0.280 e. The van der Waals surface area contributed by atoms with Crippen molar-refractivity contribution in [3.05, 3.63) is 59.7 Å². The molecular formula is C19H19ClN2O4S2. The summed E-state index contributed by atoms with van der Waals surface area (Å²) in [5.74, 6) is 0.520. The van der Waals surface area contributed by atoms with E-state index in [9.17, 15) is 18.0 Å². The highest BCUT2D eigenvalue weighted by molar-refractivity contribution is 8.14. The first-order valence-electron chi connectivity index (χ1n) is 8.63. The number of thioether (sulfide) groups is 1. The Morgan fingerprint density at radius 1 is 1.00 bits per heavy atom. The molecule has 1 aliphatic rings. The average Bonchev–Trinajstić information content (AvgIpc) is 3.00. The summed E-state index contributed by atoms with van der Waals surface area (Å²) in [7, 11) is -3.70. The quantitative estimate of drug-likeness (QED) is 0.633. The molecule has 1 fully saturated rings. The SMILES string of the molecule is O=C1CSC(=O)N1Cc1ccc(NS(=O)(=O)c2ccc(CCCCl)cc2)cc1. The van der Waals surface area contributed by atoms with E-state index in [0.717, 1.165) is 35.7 Å². The first kappa shape index (κ1) is 20.7. The molecule has 2 aromatic carbocycles. The average molecular weight is 439 g/mol.